The van der Waals surface area contributed by atoms with Gasteiger partial charge in [0.2, 0.25) is 0 Å². The van der Waals surface area contributed by atoms with Gasteiger partial charge in [-0.25, -0.2) is 0 Å². The molecule has 0 N–H and O–H groups in total. The van der Waals surface area contributed by atoms with Gasteiger partial charge in [0.25, 0.3) is 0 Å². The van der Waals surface area contributed by atoms with E-state index in [2.05, 4.69) is 53.7 Å². The van der Waals surface area contributed by atoms with Crippen LogP contribution in [0.2, 0.25) is 0 Å². The van der Waals surface area contributed by atoms with Crippen molar-refractivity contribution in [3.8, 4) is 5.75 Å². The summed E-state index contributed by atoms with van der Waals surface area (Å²) >= 11 is 3.48. The van der Waals surface area contributed by atoms with Crippen molar-refractivity contribution >= 4 is 22.2 Å². The maximum Gasteiger partial charge on any atom is 0.150 e. The SMILES string of the molecule is C=CCc1cc(C=O)cc(Br)c1OCc1ccc(C)cc1. The van der Waals surface area contributed by atoms with Crippen LogP contribution in [-0.4, -0.2) is 6.29 Å². The molecule has 21 heavy (non-hydrogen) atoms. The van der Waals surface area contributed by atoms with E-state index >= 15 is 0 Å². The summed E-state index contributed by atoms with van der Waals surface area (Å²) in [7, 11) is 0. The van der Waals surface area contributed by atoms with Crippen LogP contribution in [0.15, 0.2) is 53.5 Å². The standard InChI is InChI=1S/C18H17BrO2/c1-3-4-16-9-15(11-20)10-17(19)18(16)21-12-14-7-5-13(2)6-8-14/h3,5-11H,1,4,12H2,2H3. The van der Waals surface area contributed by atoms with Crippen LogP contribution < -0.4 is 4.74 Å². The Kier molecular flexibility index (Phi) is 5.34. The molecule has 0 fully saturated rings. The normalized spacial score (nSPS) is 10.2. The molecule has 0 heterocycles. The number of benzene rings is 2. The van der Waals surface area contributed by atoms with Crippen molar-refractivity contribution in [3.05, 3.63) is 75.8 Å². The molecule has 2 aromatic carbocycles. The Labute approximate surface area is 133 Å². The van der Waals surface area contributed by atoms with Crippen molar-refractivity contribution < 1.29 is 9.53 Å². The fourth-order valence-corrected chi connectivity index (χ4v) is 2.68. The zero-order valence-electron chi connectivity index (χ0n) is 11.9. The van der Waals surface area contributed by atoms with Crippen LogP contribution in [0.25, 0.3) is 0 Å². The highest BCUT2D eigenvalue weighted by Crippen LogP contribution is 2.32. The van der Waals surface area contributed by atoms with E-state index in [1.807, 2.05) is 6.07 Å². The molecule has 108 valence electrons. The largest absolute Gasteiger partial charge is 0.487 e. The predicted molar refractivity (Wildman–Crippen MR) is 88.9 cm³/mol. The number of halogens is 1. The van der Waals surface area contributed by atoms with Crippen LogP contribution in [-0.2, 0) is 13.0 Å². The summed E-state index contributed by atoms with van der Waals surface area (Å²) in [6, 6.07) is 11.8. The van der Waals surface area contributed by atoms with Crippen LogP contribution in [0.5, 0.6) is 5.75 Å². The maximum atomic E-state index is 11.0. The zero-order valence-corrected chi connectivity index (χ0v) is 13.5. The summed E-state index contributed by atoms with van der Waals surface area (Å²) < 4.78 is 6.72. The molecule has 0 atom stereocenters. The first kappa shape index (κ1) is 15.5. The van der Waals surface area contributed by atoms with Gasteiger partial charge in [0.05, 0.1) is 4.47 Å². The lowest BCUT2D eigenvalue weighted by Gasteiger charge is -2.13. The van der Waals surface area contributed by atoms with E-state index < -0.39 is 0 Å². The Hall–Kier alpha value is -1.87. The van der Waals surface area contributed by atoms with Gasteiger partial charge in [-0.15, -0.1) is 6.58 Å². The molecule has 0 spiro atoms. The average Bonchev–Trinajstić information content (AvgIpc) is 2.48. The molecule has 0 amide bonds. The molecule has 3 heteroatoms. The summed E-state index contributed by atoms with van der Waals surface area (Å²) in [6.07, 6.45) is 3.29. The summed E-state index contributed by atoms with van der Waals surface area (Å²) in [5, 5.41) is 0. The fraction of sp³-hybridized carbons (Fsp3) is 0.167. The van der Waals surface area contributed by atoms with Gasteiger partial charge in [0, 0.05) is 5.56 Å². The number of allylic oxidation sites excluding steroid dienone is 1. The summed E-state index contributed by atoms with van der Waals surface area (Å²) in [5.41, 5.74) is 3.91. The molecular formula is C18H17BrO2. The predicted octanol–water partition coefficient (Wildman–Crippen LogP) is 4.88. The van der Waals surface area contributed by atoms with E-state index in [1.54, 1.807) is 12.1 Å². The second-order valence-corrected chi connectivity index (χ2v) is 5.73. The summed E-state index contributed by atoms with van der Waals surface area (Å²) in [5.74, 6) is 0.765. The molecule has 0 aliphatic rings. The van der Waals surface area contributed by atoms with Gasteiger partial charge in [0.1, 0.15) is 18.6 Å². The first-order valence-electron chi connectivity index (χ1n) is 6.71. The first-order chi connectivity index (χ1) is 10.1. The summed E-state index contributed by atoms with van der Waals surface area (Å²) in [4.78, 5) is 11.0. The van der Waals surface area contributed by atoms with Crippen molar-refractivity contribution in [1.29, 1.82) is 0 Å². The third-order valence-corrected chi connectivity index (χ3v) is 3.74. The Morgan fingerprint density at radius 2 is 1.95 bits per heavy atom. The van der Waals surface area contributed by atoms with Crippen LogP contribution in [0.4, 0.5) is 0 Å². The van der Waals surface area contributed by atoms with Gasteiger partial charge < -0.3 is 4.74 Å². The average molecular weight is 345 g/mol. The highest BCUT2D eigenvalue weighted by atomic mass is 79.9. The first-order valence-corrected chi connectivity index (χ1v) is 7.50. The van der Waals surface area contributed by atoms with Gasteiger partial charge >= 0.3 is 0 Å². The molecule has 2 aromatic rings. The van der Waals surface area contributed by atoms with Crippen molar-refractivity contribution in [1.82, 2.24) is 0 Å². The van der Waals surface area contributed by atoms with Crippen LogP contribution in [0, 0.1) is 6.92 Å². The molecule has 2 rings (SSSR count). The van der Waals surface area contributed by atoms with E-state index in [4.69, 9.17) is 4.74 Å². The number of rotatable bonds is 6. The lowest BCUT2D eigenvalue weighted by Crippen LogP contribution is -2.00. The molecule has 0 bridgehead atoms. The number of carbonyl (C=O) groups excluding carboxylic acids is 1. The van der Waals surface area contributed by atoms with E-state index in [0.717, 1.165) is 27.6 Å². The summed E-state index contributed by atoms with van der Waals surface area (Å²) in [6.45, 7) is 6.30. The number of aldehydes is 1. The number of ether oxygens (including phenoxy) is 1. The number of aryl methyl sites for hydroxylation is 1. The van der Waals surface area contributed by atoms with Crippen molar-refractivity contribution in [2.24, 2.45) is 0 Å². The van der Waals surface area contributed by atoms with E-state index in [0.29, 0.717) is 18.6 Å². The fourth-order valence-electron chi connectivity index (χ4n) is 2.05. The zero-order chi connectivity index (χ0) is 15.2. The third kappa shape index (κ3) is 4.05. The molecule has 0 unspecified atom stereocenters. The van der Waals surface area contributed by atoms with E-state index in [-0.39, 0.29) is 0 Å². The molecule has 0 saturated heterocycles. The Balaban J connectivity index is 2.23. The van der Waals surface area contributed by atoms with Gasteiger partial charge in [-0.1, -0.05) is 35.9 Å². The van der Waals surface area contributed by atoms with Crippen molar-refractivity contribution in [2.45, 2.75) is 20.0 Å². The van der Waals surface area contributed by atoms with Gasteiger partial charge in [-0.3, -0.25) is 4.79 Å². The molecule has 0 saturated carbocycles. The molecule has 0 aromatic heterocycles. The van der Waals surface area contributed by atoms with Gasteiger partial charge in [0.15, 0.2) is 0 Å². The number of hydrogen-bond donors (Lipinski definition) is 0. The van der Waals surface area contributed by atoms with E-state index in [9.17, 15) is 4.79 Å². The van der Waals surface area contributed by atoms with Crippen LogP contribution in [0.3, 0.4) is 0 Å². The minimum absolute atomic E-state index is 0.490. The minimum atomic E-state index is 0.490. The molecule has 2 nitrogen and oxygen atoms in total. The highest BCUT2D eigenvalue weighted by molar-refractivity contribution is 9.10. The molecule has 0 aliphatic heterocycles. The molecule has 0 radical (unpaired) electrons. The number of hydrogen-bond acceptors (Lipinski definition) is 2. The monoisotopic (exact) mass is 344 g/mol. The third-order valence-electron chi connectivity index (χ3n) is 3.15. The van der Waals surface area contributed by atoms with E-state index in [1.165, 1.54) is 5.56 Å². The Morgan fingerprint density at radius 1 is 1.24 bits per heavy atom. The second kappa shape index (κ2) is 7.23. The highest BCUT2D eigenvalue weighted by Gasteiger charge is 2.10. The van der Waals surface area contributed by atoms with Gasteiger partial charge in [-0.05, 0) is 52.5 Å². The Bertz CT molecular complexity index is 645. The quantitative estimate of drug-likeness (QED) is 0.551. The Morgan fingerprint density at radius 3 is 2.57 bits per heavy atom. The van der Waals surface area contributed by atoms with Crippen molar-refractivity contribution in [2.75, 3.05) is 0 Å². The molecule has 0 aliphatic carbocycles. The lowest BCUT2D eigenvalue weighted by atomic mass is 10.1. The minimum Gasteiger partial charge on any atom is -0.487 e. The topological polar surface area (TPSA) is 26.3 Å². The van der Waals surface area contributed by atoms with Gasteiger partial charge in [-0.2, -0.15) is 0 Å². The maximum absolute atomic E-state index is 11.0. The number of carbonyl (C=O) groups is 1. The van der Waals surface area contributed by atoms with Crippen LogP contribution >= 0.6 is 15.9 Å². The van der Waals surface area contributed by atoms with Crippen molar-refractivity contribution in [3.63, 3.8) is 0 Å². The lowest BCUT2D eigenvalue weighted by molar-refractivity contribution is 0.112. The van der Waals surface area contributed by atoms with Crippen LogP contribution in [0.1, 0.15) is 27.0 Å². The molecular weight excluding hydrogens is 328 g/mol. The second-order valence-electron chi connectivity index (χ2n) is 4.88. The smallest absolute Gasteiger partial charge is 0.150 e.